The maximum atomic E-state index is 11.5. The van der Waals surface area contributed by atoms with Crippen LogP contribution in [-0.2, 0) is 11.8 Å². The second kappa shape index (κ2) is 5.38. The van der Waals surface area contributed by atoms with Crippen molar-refractivity contribution in [2.75, 3.05) is 33.2 Å². The number of likely N-dealkylation sites (N-methyl/N-ethyl adjacent to an activating group) is 1. The fourth-order valence-electron chi connectivity index (χ4n) is 2.14. The van der Waals surface area contributed by atoms with Gasteiger partial charge in [0.15, 0.2) is 6.04 Å². The fourth-order valence-corrected chi connectivity index (χ4v) is 2.55. The first-order chi connectivity index (χ1) is 8.50. The summed E-state index contributed by atoms with van der Waals surface area (Å²) in [7, 11) is 3.88. The van der Waals surface area contributed by atoms with Crippen LogP contribution in [0.3, 0.4) is 0 Å². The van der Waals surface area contributed by atoms with Crippen molar-refractivity contribution < 1.29 is 9.90 Å². The molecule has 1 unspecified atom stereocenters. The van der Waals surface area contributed by atoms with E-state index in [1.54, 1.807) is 10.9 Å². The van der Waals surface area contributed by atoms with Crippen molar-refractivity contribution in [3.8, 4) is 0 Å². The normalized spacial score (nSPS) is 19.9. The van der Waals surface area contributed by atoms with Gasteiger partial charge in [0.1, 0.15) is 10.3 Å². The summed E-state index contributed by atoms with van der Waals surface area (Å²) < 4.78 is 2.51. The summed E-state index contributed by atoms with van der Waals surface area (Å²) in [6, 6.07) is -0.672. The number of hydrogen-bond donors (Lipinski definition) is 1. The minimum Gasteiger partial charge on any atom is -0.480 e. The quantitative estimate of drug-likeness (QED) is 0.882. The Hall–Kier alpha value is -0.920. The summed E-state index contributed by atoms with van der Waals surface area (Å²) in [4.78, 5) is 19.9. The van der Waals surface area contributed by atoms with Crippen molar-refractivity contribution >= 4 is 21.9 Å². The van der Waals surface area contributed by atoms with E-state index in [4.69, 9.17) is 0 Å². The Morgan fingerprint density at radius 2 is 2.00 bits per heavy atom. The number of aromatic nitrogens is 2. The van der Waals surface area contributed by atoms with Crippen LogP contribution in [0.25, 0.3) is 0 Å². The van der Waals surface area contributed by atoms with Crippen molar-refractivity contribution in [2.24, 2.45) is 7.05 Å². The third-order valence-electron chi connectivity index (χ3n) is 3.29. The average molecular weight is 317 g/mol. The summed E-state index contributed by atoms with van der Waals surface area (Å²) >= 11 is 3.40. The third kappa shape index (κ3) is 2.57. The van der Waals surface area contributed by atoms with Crippen LogP contribution in [0.5, 0.6) is 0 Å². The lowest BCUT2D eigenvalue weighted by Crippen LogP contribution is -2.48. The molecule has 0 spiro atoms. The number of piperazine rings is 1. The van der Waals surface area contributed by atoms with Gasteiger partial charge in [-0.1, -0.05) is 0 Å². The molecule has 1 aliphatic heterocycles. The average Bonchev–Trinajstić information content (AvgIpc) is 2.64. The number of carbonyl (C=O) groups is 1. The Balaban J connectivity index is 2.24. The van der Waals surface area contributed by atoms with Gasteiger partial charge in [-0.25, -0.2) is 4.98 Å². The molecule has 0 aliphatic carbocycles. The van der Waals surface area contributed by atoms with Gasteiger partial charge in [-0.15, -0.1) is 0 Å². The molecule has 7 heteroatoms. The van der Waals surface area contributed by atoms with Crippen molar-refractivity contribution in [2.45, 2.75) is 6.04 Å². The van der Waals surface area contributed by atoms with E-state index in [-0.39, 0.29) is 0 Å². The second-order valence-corrected chi connectivity index (χ2v) is 5.36. The van der Waals surface area contributed by atoms with Crippen LogP contribution in [0.15, 0.2) is 10.9 Å². The lowest BCUT2D eigenvalue weighted by Gasteiger charge is -2.35. The minimum absolute atomic E-state index is 0.578. The number of carboxylic acids is 1. The third-order valence-corrected chi connectivity index (χ3v) is 4.25. The first kappa shape index (κ1) is 13.5. The molecule has 1 atom stereocenters. The van der Waals surface area contributed by atoms with Crippen LogP contribution >= 0.6 is 15.9 Å². The smallest absolute Gasteiger partial charge is 0.327 e. The van der Waals surface area contributed by atoms with Crippen LogP contribution in [0, 0.1) is 0 Å². The zero-order valence-electron chi connectivity index (χ0n) is 10.5. The molecule has 1 fully saturated rings. The monoisotopic (exact) mass is 316 g/mol. The van der Waals surface area contributed by atoms with Crippen molar-refractivity contribution in [1.29, 1.82) is 0 Å². The van der Waals surface area contributed by atoms with Gasteiger partial charge in [-0.2, -0.15) is 0 Å². The maximum absolute atomic E-state index is 11.5. The molecular weight excluding hydrogens is 300 g/mol. The van der Waals surface area contributed by atoms with E-state index in [2.05, 4.69) is 25.8 Å². The molecule has 0 amide bonds. The molecule has 0 radical (unpaired) electrons. The molecule has 2 heterocycles. The maximum Gasteiger partial charge on any atom is 0.327 e. The highest BCUT2D eigenvalue weighted by atomic mass is 79.9. The molecule has 0 saturated carbocycles. The van der Waals surface area contributed by atoms with E-state index >= 15 is 0 Å². The number of rotatable bonds is 3. The molecule has 18 heavy (non-hydrogen) atoms. The van der Waals surface area contributed by atoms with E-state index in [1.165, 1.54) is 0 Å². The molecule has 1 aromatic heterocycles. The van der Waals surface area contributed by atoms with Gasteiger partial charge in [0.2, 0.25) is 0 Å². The van der Waals surface area contributed by atoms with Gasteiger partial charge < -0.3 is 14.6 Å². The highest BCUT2D eigenvalue weighted by molar-refractivity contribution is 9.10. The molecule has 100 valence electrons. The first-order valence-electron chi connectivity index (χ1n) is 5.83. The summed E-state index contributed by atoms with van der Waals surface area (Å²) in [5.74, 6) is -0.848. The SMILES string of the molecule is CN1CCN(C(C(=O)O)c2ncn(C)c2Br)CC1. The van der Waals surface area contributed by atoms with Crippen LogP contribution in [-0.4, -0.2) is 63.7 Å². The Labute approximate surface area is 114 Å². The van der Waals surface area contributed by atoms with Crippen molar-refractivity contribution in [1.82, 2.24) is 19.4 Å². The molecular formula is C11H17BrN4O2. The zero-order chi connectivity index (χ0) is 13.3. The molecule has 1 aromatic rings. The molecule has 2 rings (SSSR count). The number of nitrogens with zero attached hydrogens (tertiary/aromatic N) is 4. The summed E-state index contributed by atoms with van der Waals surface area (Å²) in [5, 5.41) is 9.45. The van der Waals surface area contributed by atoms with Gasteiger partial charge in [0.05, 0.1) is 6.33 Å². The zero-order valence-corrected chi connectivity index (χ0v) is 12.1. The Morgan fingerprint density at radius 3 is 2.44 bits per heavy atom. The molecule has 0 aromatic carbocycles. The number of carboxylic acid groups (broad SMARTS) is 1. The summed E-state index contributed by atoms with van der Waals surface area (Å²) in [6.07, 6.45) is 1.63. The van der Waals surface area contributed by atoms with Crippen molar-refractivity contribution in [3.63, 3.8) is 0 Å². The van der Waals surface area contributed by atoms with E-state index in [0.29, 0.717) is 5.69 Å². The van der Waals surface area contributed by atoms with E-state index in [1.807, 2.05) is 19.0 Å². The number of imidazole rings is 1. The van der Waals surface area contributed by atoms with E-state index < -0.39 is 12.0 Å². The number of hydrogen-bond acceptors (Lipinski definition) is 4. The number of aryl methyl sites for hydroxylation is 1. The fraction of sp³-hybridized carbons (Fsp3) is 0.636. The molecule has 1 saturated heterocycles. The van der Waals surface area contributed by atoms with Gasteiger partial charge in [-0.3, -0.25) is 9.69 Å². The van der Waals surface area contributed by atoms with Crippen LogP contribution in [0.1, 0.15) is 11.7 Å². The summed E-state index contributed by atoms with van der Waals surface area (Å²) in [5.41, 5.74) is 0.578. The Kier molecular flexibility index (Phi) is 4.04. The van der Waals surface area contributed by atoms with Crippen LogP contribution < -0.4 is 0 Å². The highest BCUT2D eigenvalue weighted by Crippen LogP contribution is 2.27. The largest absolute Gasteiger partial charge is 0.480 e. The standard InChI is InChI=1S/C11H17BrN4O2/c1-14-3-5-16(6-4-14)9(11(17)18)8-10(12)15(2)7-13-8/h7,9H,3-6H2,1-2H3,(H,17,18). The molecule has 0 bridgehead atoms. The van der Waals surface area contributed by atoms with E-state index in [0.717, 1.165) is 30.8 Å². The lowest BCUT2D eigenvalue weighted by atomic mass is 10.1. The Bertz CT molecular complexity index is 440. The predicted octanol–water partition coefficient (Wildman–Crippen LogP) is 0.556. The molecule has 6 nitrogen and oxygen atoms in total. The summed E-state index contributed by atoms with van der Waals surface area (Å²) in [6.45, 7) is 3.26. The van der Waals surface area contributed by atoms with Gasteiger partial charge >= 0.3 is 5.97 Å². The number of halogens is 1. The van der Waals surface area contributed by atoms with Gasteiger partial charge in [-0.05, 0) is 23.0 Å². The number of aliphatic carboxylic acids is 1. The van der Waals surface area contributed by atoms with Crippen LogP contribution in [0.2, 0.25) is 0 Å². The van der Waals surface area contributed by atoms with Gasteiger partial charge in [0.25, 0.3) is 0 Å². The topological polar surface area (TPSA) is 61.6 Å². The second-order valence-electron chi connectivity index (χ2n) is 4.61. The van der Waals surface area contributed by atoms with Gasteiger partial charge in [0, 0.05) is 33.2 Å². The minimum atomic E-state index is -0.848. The first-order valence-corrected chi connectivity index (χ1v) is 6.62. The highest BCUT2D eigenvalue weighted by Gasteiger charge is 2.33. The van der Waals surface area contributed by atoms with Crippen molar-refractivity contribution in [3.05, 3.63) is 16.6 Å². The Morgan fingerprint density at radius 1 is 1.39 bits per heavy atom. The molecule has 1 aliphatic rings. The predicted molar refractivity (Wildman–Crippen MR) is 70.4 cm³/mol. The lowest BCUT2D eigenvalue weighted by molar-refractivity contribution is -0.144. The van der Waals surface area contributed by atoms with E-state index in [9.17, 15) is 9.90 Å². The molecule has 1 N–H and O–H groups in total. The van der Waals surface area contributed by atoms with Crippen LogP contribution in [0.4, 0.5) is 0 Å².